The minimum Gasteiger partial charge on any atom is -0.493 e. The van der Waals surface area contributed by atoms with Gasteiger partial charge in [0.15, 0.2) is 11.5 Å². The van der Waals surface area contributed by atoms with Crippen molar-refractivity contribution in [2.24, 2.45) is 0 Å². The molecule has 148 valence electrons. The summed E-state index contributed by atoms with van der Waals surface area (Å²) in [6.07, 6.45) is 3.56. The van der Waals surface area contributed by atoms with Crippen LogP contribution in [0.25, 0.3) is 17.0 Å². The highest BCUT2D eigenvalue weighted by molar-refractivity contribution is 6.20. The fraction of sp³-hybridized carbons (Fsp3) is 0.250. The Labute approximate surface area is 170 Å². The Hall–Kier alpha value is -3.52. The molecule has 0 fully saturated rings. The van der Waals surface area contributed by atoms with Crippen molar-refractivity contribution >= 4 is 22.8 Å². The number of hydrogen-bond acceptors (Lipinski definition) is 4. The molecule has 29 heavy (non-hydrogen) atoms. The van der Waals surface area contributed by atoms with Gasteiger partial charge in [0.05, 0.1) is 19.3 Å². The molecule has 0 radical (unpaired) electrons. The largest absolute Gasteiger partial charge is 0.493 e. The van der Waals surface area contributed by atoms with Gasteiger partial charge in [-0.15, -0.1) is 0 Å². The number of ketones is 1. The fourth-order valence-electron chi connectivity index (χ4n) is 3.24. The number of methoxy groups -OCH3 is 1. The summed E-state index contributed by atoms with van der Waals surface area (Å²) in [5.74, 6) is 0.921. The molecule has 0 aliphatic heterocycles. The van der Waals surface area contributed by atoms with Crippen LogP contribution in [-0.2, 0) is 0 Å². The molecule has 0 aliphatic carbocycles. The number of fused-ring (bicyclic) bond motifs is 1. The maximum Gasteiger partial charge on any atom is 0.205 e. The first-order valence-electron chi connectivity index (χ1n) is 9.63. The number of ether oxygens (including phenoxy) is 2. The second-order valence-corrected chi connectivity index (χ2v) is 6.78. The minimum atomic E-state index is -0.299. The number of aromatic nitrogens is 1. The molecule has 1 aromatic heterocycles. The Morgan fingerprint density at radius 3 is 2.72 bits per heavy atom. The fourth-order valence-corrected chi connectivity index (χ4v) is 3.24. The standard InChI is InChI=1S/C24H24N2O3/c1-4-5-12-29-22-14-17(10-11-21(22)28-3)13-18(15-25)24(27)23-16(2)26-20-9-7-6-8-19(20)23/h6-11,13-14,26H,4-5,12H2,1-3H3/b18-13+. The SMILES string of the molecule is CCCCOc1cc(/C=C(\C#N)C(=O)c2c(C)[nH]c3ccccc23)ccc1OC. The van der Waals surface area contributed by atoms with Gasteiger partial charge in [0, 0.05) is 16.6 Å². The molecule has 2 aromatic carbocycles. The molecule has 0 bridgehead atoms. The van der Waals surface area contributed by atoms with Crippen molar-refractivity contribution in [3.05, 3.63) is 64.9 Å². The monoisotopic (exact) mass is 388 g/mol. The predicted octanol–water partition coefficient (Wildman–Crippen LogP) is 5.45. The second-order valence-electron chi connectivity index (χ2n) is 6.78. The summed E-state index contributed by atoms with van der Waals surface area (Å²) in [7, 11) is 1.58. The molecule has 0 aliphatic rings. The Kier molecular flexibility index (Phi) is 6.36. The van der Waals surface area contributed by atoms with Crippen LogP contribution in [0.1, 0.15) is 41.4 Å². The Bertz CT molecular complexity index is 1100. The third-order valence-corrected chi connectivity index (χ3v) is 4.74. The quantitative estimate of drug-likeness (QED) is 0.241. The molecule has 5 heteroatoms. The number of para-hydroxylation sites is 1. The van der Waals surface area contributed by atoms with E-state index in [2.05, 4.69) is 18.0 Å². The number of rotatable bonds is 8. The average molecular weight is 388 g/mol. The first kappa shape index (κ1) is 20.2. The molecule has 3 rings (SSSR count). The summed E-state index contributed by atoms with van der Waals surface area (Å²) in [5, 5.41) is 10.5. The summed E-state index contributed by atoms with van der Waals surface area (Å²) in [6, 6.07) is 15.0. The lowest BCUT2D eigenvalue weighted by Crippen LogP contribution is -2.03. The van der Waals surface area contributed by atoms with Crippen molar-refractivity contribution in [1.82, 2.24) is 4.98 Å². The van der Waals surface area contributed by atoms with E-state index in [1.807, 2.05) is 31.2 Å². The molecule has 0 saturated carbocycles. The van der Waals surface area contributed by atoms with E-state index < -0.39 is 0 Å². The average Bonchev–Trinajstić information content (AvgIpc) is 3.07. The Morgan fingerprint density at radius 2 is 2.00 bits per heavy atom. The molecule has 0 atom stereocenters. The highest BCUT2D eigenvalue weighted by Crippen LogP contribution is 2.30. The first-order chi connectivity index (χ1) is 14.1. The van der Waals surface area contributed by atoms with Gasteiger partial charge in [0.1, 0.15) is 11.6 Å². The smallest absolute Gasteiger partial charge is 0.205 e. The molecule has 3 aromatic rings. The van der Waals surface area contributed by atoms with Gasteiger partial charge < -0.3 is 14.5 Å². The maximum absolute atomic E-state index is 13.1. The highest BCUT2D eigenvalue weighted by atomic mass is 16.5. The van der Waals surface area contributed by atoms with Crippen LogP contribution in [0.3, 0.4) is 0 Å². The summed E-state index contributed by atoms with van der Waals surface area (Å²) < 4.78 is 11.2. The summed E-state index contributed by atoms with van der Waals surface area (Å²) >= 11 is 0. The van der Waals surface area contributed by atoms with E-state index in [1.54, 1.807) is 31.4 Å². The number of aryl methyl sites for hydroxylation is 1. The van der Waals surface area contributed by atoms with E-state index in [4.69, 9.17) is 9.47 Å². The van der Waals surface area contributed by atoms with E-state index in [9.17, 15) is 10.1 Å². The van der Waals surface area contributed by atoms with Gasteiger partial charge in [-0.3, -0.25) is 4.79 Å². The van der Waals surface area contributed by atoms with Crippen LogP contribution in [-0.4, -0.2) is 24.5 Å². The summed E-state index contributed by atoms with van der Waals surface area (Å²) in [4.78, 5) is 16.3. The third kappa shape index (κ3) is 4.33. The number of carbonyl (C=O) groups is 1. The summed E-state index contributed by atoms with van der Waals surface area (Å²) in [5.41, 5.74) is 2.93. The summed E-state index contributed by atoms with van der Waals surface area (Å²) in [6.45, 7) is 4.52. The van der Waals surface area contributed by atoms with Gasteiger partial charge in [-0.2, -0.15) is 5.26 Å². The van der Waals surface area contributed by atoms with Crippen molar-refractivity contribution < 1.29 is 14.3 Å². The number of hydrogen-bond donors (Lipinski definition) is 1. The Balaban J connectivity index is 1.97. The van der Waals surface area contributed by atoms with Crippen LogP contribution in [0.15, 0.2) is 48.0 Å². The van der Waals surface area contributed by atoms with Gasteiger partial charge in [-0.25, -0.2) is 0 Å². The number of unbranched alkanes of at least 4 members (excludes halogenated alkanes) is 1. The molecule has 0 spiro atoms. The number of H-pyrrole nitrogens is 1. The topological polar surface area (TPSA) is 75.1 Å². The molecule has 1 heterocycles. The molecular formula is C24H24N2O3. The minimum absolute atomic E-state index is 0.0718. The normalized spacial score (nSPS) is 11.3. The number of allylic oxidation sites excluding steroid dienone is 1. The molecule has 0 amide bonds. The van der Waals surface area contributed by atoms with Crippen LogP contribution in [0.5, 0.6) is 11.5 Å². The maximum atomic E-state index is 13.1. The lowest BCUT2D eigenvalue weighted by atomic mass is 9.99. The number of nitriles is 1. The van der Waals surface area contributed by atoms with Crippen molar-refractivity contribution in [2.75, 3.05) is 13.7 Å². The van der Waals surface area contributed by atoms with E-state index in [0.717, 1.165) is 29.4 Å². The highest BCUT2D eigenvalue weighted by Gasteiger charge is 2.20. The molecule has 1 N–H and O–H groups in total. The van der Waals surface area contributed by atoms with Gasteiger partial charge >= 0.3 is 0 Å². The van der Waals surface area contributed by atoms with E-state index in [-0.39, 0.29) is 11.4 Å². The second kappa shape index (κ2) is 9.11. The lowest BCUT2D eigenvalue weighted by Gasteiger charge is -2.11. The van der Waals surface area contributed by atoms with E-state index >= 15 is 0 Å². The van der Waals surface area contributed by atoms with E-state index in [0.29, 0.717) is 29.2 Å². The van der Waals surface area contributed by atoms with Gasteiger partial charge in [-0.05, 0) is 43.2 Å². The van der Waals surface area contributed by atoms with E-state index in [1.165, 1.54) is 0 Å². The van der Waals surface area contributed by atoms with Crippen LogP contribution < -0.4 is 9.47 Å². The number of Topliss-reactive ketones (excluding diaryl/α,β-unsaturated/α-hetero) is 1. The number of nitrogens with zero attached hydrogens (tertiary/aromatic N) is 1. The number of nitrogens with one attached hydrogen (secondary N) is 1. The van der Waals surface area contributed by atoms with Gasteiger partial charge in [-0.1, -0.05) is 37.6 Å². The van der Waals surface area contributed by atoms with Crippen molar-refractivity contribution in [1.29, 1.82) is 5.26 Å². The molecule has 5 nitrogen and oxygen atoms in total. The van der Waals surface area contributed by atoms with Gasteiger partial charge in [0.2, 0.25) is 5.78 Å². The number of carbonyl (C=O) groups excluding carboxylic acids is 1. The third-order valence-electron chi connectivity index (χ3n) is 4.74. The number of benzene rings is 2. The van der Waals surface area contributed by atoms with Gasteiger partial charge in [0.25, 0.3) is 0 Å². The zero-order valence-corrected chi connectivity index (χ0v) is 16.9. The van der Waals surface area contributed by atoms with Crippen molar-refractivity contribution in [3.63, 3.8) is 0 Å². The molecule has 0 unspecified atom stereocenters. The van der Waals surface area contributed by atoms with Crippen LogP contribution >= 0.6 is 0 Å². The number of aromatic amines is 1. The predicted molar refractivity (Wildman–Crippen MR) is 114 cm³/mol. The molecular weight excluding hydrogens is 364 g/mol. The Morgan fingerprint density at radius 1 is 1.21 bits per heavy atom. The van der Waals surface area contributed by atoms with Crippen LogP contribution in [0.2, 0.25) is 0 Å². The molecule has 0 saturated heterocycles. The van der Waals surface area contributed by atoms with Crippen molar-refractivity contribution in [3.8, 4) is 17.6 Å². The zero-order valence-electron chi connectivity index (χ0n) is 16.9. The van der Waals surface area contributed by atoms with Crippen LogP contribution in [0, 0.1) is 18.3 Å². The van der Waals surface area contributed by atoms with Crippen molar-refractivity contribution in [2.45, 2.75) is 26.7 Å². The van der Waals surface area contributed by atoms with Crippen LogP contribution in [0.4, 0.5) is 0 Å². The first-order valence-corrected chi connectivity index (χ1v) is 9.63. The zero-order chi connectivity index (χ0) is 20.8. The lowest BCUT2D eigenvalue weighted by molar-refractivity contribution is 0.104.